The molecule has 0 saturated heterocycles. The van der Waals surface area contributed by atoms with Crippen LogP contribution in [0.25, 0.3) is 0 Å². The first-order valence-corrected chi connectivity index (χ1v) is 8.43. The van der Waals surface area contributed by atoms with E-state index in [-0.39, 0.29) is 11.9 Å². The summed E-state index contributed by atoms with van der Waals surface area (Å²) < 4.78 is 0. The smallest absolute Gasteiger partial charge is 0.240 e. The van der Waals surface area contributed by atoms with Crippen molar-refractivity contribution in [2.24, 2.45) is 17.6 Å². The van der Waals surface area contributed by atoms with Crippen molar-refractivity contribution in [1.82, 2.24) is 5.32 Å². The molecule has 1 fully saturated rings. The van der Waals surface area contributed by atoms with Gasteiger partial charge in [0.25, 0.3) is 0 Å². The second-order valence-corrected chi connectivity index (χ2v) is 7.55. The second kappa shape index (κ2) is 6.27. The van der Waals surface area contributed by atoms with Gasteiger partial charge in [0.15, 0.2) is 0 Å². The Labute approximate surface area is 125 Å². The van der Waals surface area contributed by atoms with Crippen LogP contribution < -0.4 is 11.1 Å². The van der Waals surface area contributed by atoms with Crippen molar-refractivity contribution in [1.29, 1.82) is 0 Å². The molecule has 0 aliphatic heterocycles. The molecule has 1 saturated carbocycles. The largest absolute Gasteiger partial charge is 0.347 e. The summed E-state index contributed by atoms with van der Waals surface area (Å²) >= 11 is 1.69. The summed E-state index contributed by atoms with van der Waals surface area (Å²) in [5.74, 6) is 0.928. The van der Waals surface area contributed by atoms with E-state index in [0.29, 0.717) is 11.8 Å². The van der Waals surface area contributed by atoms with Gasteiger partial charge in [-0.1, -0.05) is 39.7 Å². The number of carbonyl (C=O) groups is 1. The highest BCUT2D eigenvalue weighted by Crippen LogP contribution is 2.32. The summed E-state index contributed by atoms with van der Waals surface area (Å²) in [7, 11) is 0. The third kappa shape index (κ3) is 3.41. The Morgan fingerprint density at radius 1 is 1.55 bits per heavy atom. The Bertz CT molecular complexity index is 443. The maximum atomic E-state index is 12.6. The van der Waals surface area contributed by atoms with Gasteiger partial charge >= 0.3 is 0 Å². The summed E-state index contributed by atoms with van der Waals surface area (Å²) in [4.78, 5) is 13.9. The molecule has 3 nitrogen and oxygen atoms in total. The molecule has 4 heteroatoms. The lowest BCUT2D eigenvalue weighted by atomic mass is 9.76. The lowest BCUT2D eigenvalue weighted by molar-refractivity contribution is -0.129. The summed E-state index contributed by atoms with van der Waals surface area (Å²) in [6.07, 6.45) is 3.84. The van der Waals surface area contributed by atoms with Gasteiger partial charge in [-0.25, -0.2) is 0 Å². The van der Waals surface area contributed by atoms with E-state index < -0.39 is 5.54 Å². The molecule has 3 atom stereocenters. The Balaban J connectivity index is 2.08. The van der Waals surface area contributed by atoms with Gasteiger partial charge in [-0.05, 0) is 36.1 Å². The summed E-state index contributed by atoms with van der Waals surface area (Å²) in [6.45, 7) is 6.46. The number of hydrogen-bond acceptors (Lipinski definition) is 3. The average Bonchev–Trinajstić information content (AvgIpc) is 2.88. The van der Waals surface area contributed by atoms with Gasteiger partial charge in [0.1, 0.15) is 0 Å². The molecular weight excluding hydrogens is 268 g/mol. The standard InChI is InChI=1S/C16H26N2OS/c1-11(2)14(13-7-5-9-20-13)18-15(19)16(17)8-4-6-12(3)10-16/h5,7,9,11-12,14H,4,6,8,10,17H2,1-3H3,(H,18,19). The molecular formula is C16H26N2OS. The molecule has 1 heterocycles. The maximum Gasteiger partial charge on any atom is 0.240 e. The molecule has 0 spiro atoms. The summed E-state index contributed by atoms with van der Waals surface area (Å²) in [6, 6.07) is 4.19. The molecule has 1 amide bonds. The van der Waals surface area contributed by atoms with Gasteiger partial charge in [0.05, 0.1) is 11.6 Å². The van der Waals surface area contributed by atoms with Crippen molar-refractivity contribution < 1.29 is 4.79 Å². The zero-order valence-electron chi connectivity index (χ0n) is 12.7. The lowest BCUT2D eigenvalue weighted by Crippen LogP contribution is -2.57. The van der Waals surface area contributed by atoms with Gasteiger partial charge < -0.3 is 11.1 Å². The zero-order chi connectivity index (χ0) is 14.8. The lowest BCUT2D eigenvalue weighted by Gasteiger charge is -2.37. The van der Waals surface area contributed by atoms with Crippen molar-refractivity contribution in [3.05, 3.63) is 22.4 Å². The molecule has 20 heavy (non-hydrogen) atoms. The second-order valence-electron chi connectivity index (χ2n) is 6.57. The van der Waals surface area contributed by atoms with Crippen LogP contribution in [0.2, 0.25) is 0 Å². The highest BCUT2D eigenvalue weighted by atomic mass is 32.1. The number of thiophene rings is 1. The quantitative estimate of drug-likeness (QED) is 0.893. The Morgan fingerprint density at radius 2 is 2.30 bits per heavy atom. The number of nitrogens with two attached hydrogens (primary N) is 1. The van der Waals surface area contributed by atoms with E-state index in [1.807, 2.05) is 6.07 Å². The van der Waals surface area contributed by atoms with Crippen LogP contribution in [0.15, 0.2) is 17.5 Å². The van der Waals surface area contributed by atoms with Gasteiger partial charge in [0.2, 0.25) is 5.91 Å². The summed E-state index contributed by atoms with van der Waals surface area (Å²) in [5, 5.41) is 5.25. The Kier molecular flexibility index (Phi) is 4.86. The van der Waals surface area contributed by atoms with E-state index in [9.17, 15) is 4.79 Å². The van der Waals surface area contributed by atoms with Crippen LogP contribution in [0.3, 0.4) is 0 Å². The molecule has 1 aliphatic rings. The van der Waals surface area contributed by atoms with E-state index in [2.05, 4.69) is 37.5 Å². The maximum absolute atomic E-state index is 12.6. The zero-order valence-corrected chi connectivity index (χ0v) is 13.5. The van der Waals surface area contributed by atoms with Crippen LogP contribution in [0, 0.1) is 11.8 Å². The Hall–Kier alpha value is -0.870. The van der Waals surface area contributed by atoms with Crippen molar-refractivity contribution in [3.8, 4) is 0 Å². The fourth-order valence-electron chi connectivity index (χ4n) is 3.12. The highest BCUT2D eigenvalue weighted by Gasteiger charge is 2.39. The van der Waals surface area contributed by atoms with Crippen LogP contribution in [0.5, 0.6) is 0 Å². The van der Waals surface area contributed by atoms with Crippen LogP contribution >= 0.6 is 11.3 Å². The average molecular weight is 294 g/mol. The van der Waals surface area contributed by atoms with Crippen molar-refractivity contribution >= 4 is 17.2 Å². The predicted molar refractivity (Wildman–Crippen MR) is 84.6 cm³/mol. The highest BCUT2D eigenvalue weighted by molar-refractivity contribution is 7.10. The third-order valence-electron chi connectivity index (χ3n) is 4.29. The SMILES string of the molecule is CC1CCCC(N)(C(=O)NC(c2cccs2)C(C)C)C1. The van der Waals surface area contributed by atoms with E-state index in [0.717, 1.165) is 19.3 Å². The van der Waals surface area contributed by atoms with Crippen molar-refractivity contribution in [3.63, 3.8) is 0 Å². The number of rotatable bonds is 4. The number of nitrogens with one attached hydrogen (secondary N) is 1. The number of amides is 1. The molecule has 0 bridgehead atoms. The first kappa shape index (κ1) is 15.5. The molecule has 3 unspecified atom stereocenters. The Morgan fingerprint density at radius 3 is 2.85 bits per heavy atom. The summed E-state index contributed by atoms with van der Waals surface area (Å²) in [5.41, 5.74) is 5.71. The molecule has 1 aromatic heterocycles. The van der Waals surface area contributed by atoms with Crippen LogP contribution in [-0.2, 0) is 4.79 Å². The predicted octanol–water partition coefficient (Wildman–Crippen LogP) is 3.47. The molecule has 0 radical (unpaired) electrons. The third-order valence-corrected chi connectivity index (χ3v) is 5.24. The van der Waals surface area contributed by atoms with E-state index >= 15 is 0 Å². The van der Waals surface area contributed by atoms with Gasteiger partial charge in [-0.3, -0.25) is 4.79 Å². The molecule has 3 N–H and O–H groups in total. The van der Waals surface area contributed by atoms with Crippen LogP contribution in [0.1, 0.15) is 57.4 Å². The fraction of sp³-hybridized carbons (Fsp3) is 0.688. The van der Waals surface area contributed by atoms with E-state index in [1.165, 1.54) is 11.3 Å². The monoisotopic (exact) mass is 294 g/mol. The molecule has 1 aliphatic carbocycles. The molecule has 0 aromatic carbocycles. The van der Waals surface area contributed by atoms with E-state index in [4.69, 9.17) is 5.73 Å². The minimum atomic E-state index is -0.679. The van der Waals surface area contributed by atoms with Gasteiger partial charge in [-0.2, -0.15) is 0 Å². The normalized spacial score (nSPS) is 28.4. The molecule has 1 aromatic rings. The number of hydrogen-bond donors (Lipinski definition) is 2. The van der Waals surface area contributed by atoms with E-state index in [1.54, 1.807) is 11.3 Å². The molecule has 2 rings (SSSR count). The van der Waals surface area contributed by atoms with Gasteiger partial charge in [-0.15, -0.1) is 11.3 Å². The van der Waals surface area contributed by atoms with Crippen LogP contribution in [-0.4, -0.2) is 11.4 Å². The van der Waals surface area contributed by atoms with Crippen molar-refractivity contribution in [2.75, 3.05) is 0 Å². The van der Waals surface area contributed by atoms with Gasteiger partial charge in [0, 0.05) is 4.88 Å². The topological polar surface area (TPSA) is 55.1 Å². The van der Waals surface area contributed by atoms with Crippen LogP contribution in [0.4, 0.5) is 0 Å². The first-order chi connectivity index (χ1) is 9.42. The molecule has 112 valence electrons. The fourth-order valence-corrected chi connectivity index (χ4v) is 4.07. The minimum absolute atomic E-state index is 0.0242. The minimum Gasteiger partial charge on any atom is -0.347 e. The first-order valence-electron chi connectivity index (χ1n) is 7.55. The van der Waals surface area contributed by atoms with Crippen molar-refractivity contribution in [2.45, 2.75) is 58.0 Å². The number of carbonyl (C=O) groups excluding carboxylic acids is 1.